The van der Waals surface area contributed by atoms with Gasteiger partial charge in [0.2, 0.25) is 11.8 Å². The van der Waals surface area contributed by atoms with E-state index in [1.165, 1.54) is 18.2 Å². The molecule has 0 spiro atoms. The standard InChI is InChI=1S/C13H16FN3O2.ClH/c1-7(6-15)16-13(19)10-5-12(18)17-11-4-8(14)2-3-9(10)11;/h2-4,7,10H,5-6,15H2,1H3,(H,16,19)(H,17,18);1H/t7-,10?;/m0./s1. The largest absolute Gasteiger partial charge is 0.352 e. The van der Waals surface area contributed by atoms with E-state index >= 15 is 0 Å². The molecule has 1 aliphatic rings. The van der Waals surface area contributed by atoms with Gasteiger partial charge in [-0.2, -0.15) is 0 Å². The van der Waals surface area contributed by atoms with Crippen LogP contribution in [0.3, 0.4) is 0 Å². The first-order valence-corrected chi connectivity index (χ1v) is 6.11. The highest BCUT2D eigenvalue weighted by Crippen LogP contribution is 2.32. The summed E-state index contributed by atoms with van der Waals surface area (Å²) in [6, 6.07) is 3.87. The Labute approximate surface area is 122 Å². The van der Waals surface area contributed by atoms with Gasteiger partial charge in [0, 0.05) is 24.7 Å². The monoisotopic (exact) mass is 301 g/mol. The van der Waals surface area contributed by atoms with Crippen molar-refractivity contribution in [3.05, 3.63) is 29.6 Å². The van der Waals surface area contributed by atoms with E-state index in [0.29, 0.717) is 17.8 Å². The van der Waals surface area contributed by atoms with E-state index in [1.54, 1.807) is 6.92 Å². The van der Waals surface area contributed by atoms with Crippen LogP contribution in [0.15, 0.2) is 18.2 Å². The summed E-state index contributed by atoms with van der Waals surface area (Å²) >= 11 is 0. The zero-order chi connectivity index (χ0) is 14.0. The van der Waals surface area contributed by atoms with Gasteiger partial charge >= 0.3 is 0 Å². The summed E-state index contributed by atoms with van der Waals surface area (Å²) in [4.78, 5) is 23.7. The third-order valence-electron chi connectivity index (χ3n) is 3.11. The van der Waals surface area contributed by atoms with E-state index in [1.807, 2.05) is 0 Å². The number of halogens is 2. The Kier molecular flexibility index (Phi) is 5.47. The molecule has 1 aliphatic heterocycles. The van der Waals surface area contributed by atoms with Crippen molar-refractivity contribution >= 4 is 29.9 Å². The predicted octanol–water partition coefficient (Wildman–Crippen LogP) is 1.14. The summed E-state index contributed by atoms with van der Waals surface area (Å²) in [6.07, 6.45) is 0.0573. The number of hydrogen-bond donors (Lipinski definition) is 3. The number of hydrogen-bond acceptors (Lipinski definition) is 3. The number of fused-ring (bicyclic) bond motifs is 1. The second-order valence-corrected chi connectivity index (χ2v) is 4.68. The van der Waals surface area contributed by atoms with E-state index in [-0.39, 0.29) is 36.7 Å². The van der Waals surface area contributed by atoms with Gasteiger partial charge < -0.3 is 16.4 Å². The summed E-state index contributed by atoms with van der Waals surface area (Å²) in [5.41, 5.74) is 6.43. The van der Waals surface area contributed by atoms with E-state index < -0.39 is 11.7 Å². The summed E-state index contributed by atoms with van der Waals surface area (Å²) < 4.78 is 13.1. The average Bonchev–Trinajstić information content (AvgIpc) is 2.36. The van der Waals surface area contributed by atoms with Crippen LogP contribution in [0, 0.1) is 5.82 Å². The molecule has 2 amide bonds. The first-order valence-electron chi connectivity index (χ1n) is 6.11. The summed E-state index contributed by atoms with van der Waals surface area (Å²) in [5, 5.41) is 5.31. The molecule has 4 N–H and O–H groups in total. The zero-order valence-electron chi connectivity index (χ0n) is 11.0. The van der Waals surface area contributed by atoms with E-state index in [2.05, 4.69) is 10.6 Å². The Balaban J connectivity index is 0.00000200. The molecule has 0 radical (unpaired) electrons. The lowest BCUT2D eigenvalue weighted by atomic mass is 9.89. The molecule has 0 fully saturated rings. The number of nitrogens with two attached hydrogens (primary N) is 1. The van der Waals surface area contributed by atoms with Gasteiger partial charge in [-0.1, -0.05) is 6.07 Å². The van der Waals surface area contributed by atoms with Crippen LogP contribution in [-0.4, -0.2) is 24.4 Å². The van der Waals surface area contributed by atoms with Crippen molar-refractivity contribution in [2.45, 2.75) is 25.3 Å². The molecule has 1 unspecified atom stereocenters. The number of nitrogens with one attached hydrogen (secondary N) is 2. The molecule has 5 nitrogen and oxygen atoms in total. The maximum Gasteiger partial charge on any atom is 0.228 e. The molecule has 0 aliphatic carbocycles. The molecular formula is C13H17ClFN3O2. The quantitative estimate of drug-likeness (QED) is 0.782. The van der Waals surface area contributed by atoms with Crippen molar-refractivity contribution < 1.29 is 14.0 Å². The molecule has 1 aromatic carbocycles. The van der Waals surface area contributed by atoms with Crippen LogP contribution >= 0.6 is 12.4 Å². The van der Waals surface area contributed by atoms with Gasteiger partial charge in [0.05, 0.1) is 5.92 Å². The zero-order valence-corrected chi connectivity index (χ0v) is 11.8. The third-order valence-corrected chi connectivity index (χ3v) is 3.11. The molecule has 2 atom stereocenters. The SMILES string of the molecule is C[C@@H](CN)NC(=O)C1CC(=O)Nc2cc(F)ccc21.Cl. The lowest BCUT2D eigenvalue weighted by Crippen LogP contribution is -2.42. The van der Waals surface area contributed by atoms with Crippen molar-refractivity contribution in [2.24, 2.45) is 5.73 Å². The van der Waals surface area contributed by atoms with Crippen molar-refractivity contribution in [3.8, 4) is 0 Å². The second-order valence-electron chi connectivity index (χ2n) is 4.68. The first kappa shape index (κ1) is 16.4. The molecule has 20 heavy (non-hydrogen) atoms. The molecule has 2 rings (SSSR count). The summed E-state index contributed by atoms with van der Waals surface area (Å²) in [6.45, 7) is 2.10. The lowest BCUT2D eigenvalue weighted by molar-refractivity contribution is -0.126. The fourth-order valence-corrected chi connectivity index (χ4v) is 2.07. The first-order chi connectivity index (χ1) is 9.01. The maximum absolute atomic E-state index is 13.1. The van der Waals surface area contributed by atoms with Gasteiger partial charge in [-0.05, 0) is 24.6 Å². The summed E-state index contributed by atoms with van der Waals surface area (Å²) in [7, 11) is 0. The van der Waals surface area contributed by atoms with E-state index in [4.69, 9.17) is 5.73 Å². The highest BCUT2D eigenvalue weighted by molar-refractivity contribution is 6.01. The van der Waals surface area contributed by atoms with Gasteiger partial charge in [-0.15, -0.1) is 12.4 Å². The number of anilines is 1. The minimum absolute atomic E-state index is 0. The van der Waals surface area contributed by atoms with Gasteiger partial charge in [-0.3, -0.25) is 9.59 Å². The van der Waals surface area contributed by atoms with Crippen LogP contribution in [-0.2, 0) is 9.59 Å². The average molecular weight is 302 g/mol. The fraction of sp³-hybridized carbons (Fsp3) is 0.385. The number of carbonyl (C=O) groups is 2. The Morgan fingerprint density at radius 2 is 2.30 bits per heavy atom. The van der Waals surface area contributed by atoms with Crippen LogP contribution in [0.5, 0.6) is 0 Å². The van der Waals surface area contributed by atoms with Crippen molar-refractivity contribution in [1.82, 2.24) is 5.32 Å². The van der Waals surface area contributed by atoms with E-state index in [9.17, 15) is 14.0 Å². The smallest absolute Gasteiger partial charge is 0.228 e. The van der Waals surface area contributed by atoms with Gasteiger partial charge in [-0.25, -0.2) is 4.39 Å². The highest BCUT2D eigenvalue weighted by atomic mass is 35.5. The van der Waals surface area contributed by atoms with Crippen LogP contribution < -0.4 is 16.4 Å². The lowest BCUT2D eigenvalue weighted by Gasteiger charge is -2.26. The number of benzene rings is 1. The van der Waals surface area contributed by atoms with Gasteiger partial charge in [0.25, 0.3) is 0 Å². The molecule has 7 heteroatoms. The van der Waals surface area contributed by atoms with Crippen LogP contribution in [0.4, 0.5) is 10.1 Å². The molecule has 110 valence electrons. The second kappa shape index (κ2) is 6.67. The fourth-order valence-electron chi connectivity index (χ4n) is 2.07. The molecule has 0 bridgehead atoms. The normalized spacial score (nSPS) is 18.4. The Morgan fingerprint density at radius 3 is 2.95 bits per heavy atom. The molecule has 0 saturated heterocycles. The predicted molar refractivity (Wildman–Crippen MR) is 76.3 cm³/mol. The van der Waals surface area contributed by atoms with Crippen LogP contribution in [0.1, 0.15) is 24.8 Å². The molecule has 1 heterocycles. The third kappa shape index (κ3) is 3.46. The van der Waals surface area contributed by atoms with Crippen molar-refractivity contribution in [1.29, 1.82) is 0 Å². The molecule has 0 aromatic heterocycles. The van der Waals surface area contributed by atoms with Gasteiger partial charge in [0.15, 0.2) is 0 Å². The minimum atomic E-state index is -0.599. The van der Waals surface area contributed by atoms with Crippen LogP contribution in [0.25, 0.3) is 0 Å². The van der Waals surface area contributed by atoms with E-state index in [0.717, 1.165) is 0 Å². The number of rotatable bonds is 3. The Hall–Kier alpha value is -1.66. The number of carbonyl (C=O) groups excluding carboxylic acids is 2. The Bertz CT molecular complexity index is 524. The van der Waals surface area contributed by atoms with Crippen molar-refractivity contribution in [2.75, 3.05) is 11.9 Å². The summed E-state index contributed by atoms with van der Waals surface area (Å²) in [5.74, 6) is -1.60. The maximum atomic E-state index is 13.1. The van der Waals surface area contributed by atoms with Gasteiger partial charge in [0.1, 0.15) is 5.82 Å². The minimum Gasteiger partial charge on any atom is -0.352 e. The topological polar surface area (TPSA) is 84.2 Å². The van der Waals surface area contributed by atoms with Crippen LogP contribution in [0.2, 0.25) is 0 Å². The molecule has 0 saturated carbocycles. The molecular weight excluding hydrogens is 285 g/mol. The Morgan fingerprint density at radius 1 is 1.60 bits per heavy atom. The van der Waals surface area contributed by atoms with Crippen molar-refractivity contribution in [3.63, 3.8) is 0 Å². The molecule has 1 aromatic rings. The highest BCUT2D eigenvalue weighted by Gasteiger charge is 2.31. The number of amides is 2.